The summed E-state index contributed by atoms with van der Waals surface area (Å²) in [5.74, 6) is -0.651. The van der Waals surface area contributed by atoms with Crippen LogP contribution in [0.15, 0.2) is 48.5 Å². The molecule has 0 saturated carbocycles. The molecule has 2 aromatic rings. The number of nitro benzene ring substituents is 1. The smallest absolute Gasteiger partial charge is 0.258 e. The molecule has 3 nitrogen and oxygen atoms in total. The highest BCUT2D eigenvalue weighted by atomic mass is 35.5. The van der Waals surface area contributed by atoms with E-state index in [1.54, 1.807) is 24.3 Å². The van der Waals surface area contributed by atoms with Crippen molar-refractivity contribution in [3.05, 3.63) is 75.6 Å². The van der Waals surface area contributed by atoms with Crippen molar-refractivity contribution in [2.45, 2.75) is 5.38 Å². The van der Waals surface area contributed by atoms with E-state index in [0.717, 1.165) is 11.6 Å². The Labute approximate surface area is 108 Å². The van der Waals surface area contributed by atoms with Gasteiger partial charge in [-0.3, -0.25) is 10.1 Å². The van der Waals surface area contributed by atoms with Crippen molar-refractivity contribution in [1.29, 1.82) is 0 Å². The molecule has 0 aliphatic heterocycles. The van der Waals surface area contributed by atoms with Crippen molar-refractivity contribution in [3.8, 4) is 0 Å². The maximum atomic E-state index is 13.0. The van der Waals surface area contributed by atoms with Gasteiger partial charge < -0.3 is 0 Å². The highest BCUT2D eigenvalue weighted by Gasteiger charge is 2.22. The van der Waals surface area contributed by atoms with Gasteiger partial charge in [-0.25, -0.2) is 4.39 Å². The number of halogens is 2. The summed E-state index contributed by atoms with van der Waals surface area (Å²) in [5, 5.41) is 10.2. The number of hydrogen-bond donors (Lipinski definition) is 0. The minimum Gasteiger partial charge on any atom is -0.258 e. The van der Waals surface area contributed by atoms with E-state index in [0.29, 0.717) is 0 Å². The van der Waals surface area contributed by atoms with E-state index in [-0.39, 0.29) is 11.3 Å². The Balaban J connectivity index is 2.48. The lowest BCUT2D eigenvalue weighted by atomic mass is 10.0. The predicted octanol–water partition coefficient (Wildman–Crippen LogP) is 4.06. The van der Waals surface area contributed by atoms with Gasteiger partial charge in [-0.05, 0) is 17.7 Å². The van der Waals surface area contributed by atoms with Crippen LogP contribution in [0.2, 0.25) is 0 Å². The van der Waals surface area contributed by atoms with Crippen LogP contribution in [0.1, 0.15) is 16.5 Å². The number of nitro groups is 1. The van der Waals surface area contributed by atoms with Gasteiger partial charge in [0, 0.05) is 0 Å². The monoisotopic (exact) mass is 265 g/mol. The molecule has 1 unspecified atom stereocenters. The first-order valence-electron chi connectivity index (χ1n) is 5.22. The van der Waals surface area contributed by atoms with E-state index in [1.165, 1.54) is 12.1 Å². The minimum absolute atomic E-state index is 0.286. The zero-order valence-electron chi connectivity index (χ0n) is 9.22. The van der Waals surface area contributed by atoms with Gasteiger partial charge in [-0.15, -0.1) is 11.6 Å². The largest absolute Gasteiger partial charge is 0.277 e. The van der Waals surface area contributed by atoms with Crippen molar-refractivity contribution >= 4 is 17.3 Å². The topological polar surface area (TPSA) is 43.1 Å². The first kappa shape index (κ1) is 12.5. The number of hydrogen-bond acceptors (Lipinski definition) is 2. The lowest BCUT2D eigenvalue weighted by Crippen LogP contribution is -2.00. The molecule has 0 fully saturated rings. The van der Waals surface area contributed by atoms with Crippen molar-refractivity contribution in [2.24, 2.45) is 0 Å². The second-order valence-corrected chi connectivity index (χ2v) is 4.17. The van der Waals surface area contributed by atoms with Gasteiger partial charge in [0.1, 0.15) is 5.82 Å². The molecule has 0 aromatic heterocycles. The molecule has 92 valence electrons. The number of alkyl halides is 1. The Morgan fingerprint density at radius 1 is 1.17 bits per heavy atom. The zero-order valence-corrected chi connectivity index (χ0v) is 9.97. The molecule has 0 heterocycles. The SMILES string of the molecule is O=[N+]([O-])c1cc(F)ccc1C(Cl)c1ccccc1. The Morgan fingerprint density at radius 2 is 1.83 bits per heavy atom. The van der Waals surface area contributed by atoms with Gasteiger partial charge in [0.15, 0.2) is 0 Å². The zero-order chi connectivity index (χ0) is 13.1. The molecule has 2 aromatic carbocycles. The highest BCUT2D eigenvalue weighted by molar-refractivity contribution is 6.22. The number of nitrogens with zero attached hydrogens (tertiary/aromatic N) is 1. The van der Waals surface area contributed by atoms with Crippen LogP contribution < -0.4 is 0 Å². The van der Waals surface area contributed by atoms with Crippen LogP contribution >= 0.6 is 11.6 Å². The van der Waals surface area contributed by atoms with Crippen LogP contribution in [0.25, 0.3) is 0 Å². The van der Waals surface area contributed by atoms with E-state index in [2.05, 4.69) is 0 Å². The molecule has 1 atom stereocenters. The molecule has 0 saturated heterocycles. The molecule has 0 amide bonds. The second-order valence-electron chi connectivity index (χ2n) is 3.73. The van der Waals surface area contributed by atoms with Crippen LogP contribution in [0, 0.1) is 15.9 Å². The van der Waals surface area contributed by atoms with E-state index < -0.39 is 16.1 Å². The van der Waals surface area contributed by atoms with Gasteiger partial charge in [-0.2, -0.15) is 0 Å². The normalized spacial score (nSPS) is 12.1. The van der Waals surface area contributed by atoms with E-state index in [4.69, 9.17) is 11.6 Å². The molecule has 2 rings (SSSR count). The molecule has 18 heavy (non-hydrogen) atoms. The predicted molar refractivity (Wildman–Crippen MR) is 67.2 cm³/mol. The van der Waals surface area contributed by atoms with Gasteiger partial charge >= 0.3 is 0 Å². The summed E-state index contributed by atoms with van der Waals surface area (Å²) in [6, 6.07) is 12.3. The third-order valence-electron chi connectivity index (χ3n) is 2.55. The quantitative estimate of drug-likeness (QED) is 0.477. The summed E-state index contributed by atoms with van der Waals surface area (Å²) in [4.78, 5) is 10.3. The second kappa shape index (κ2) is 5.14. The summed E-state index contributed by atoms with van der Waals surface area (Å²) in [7, 11) is 0. The first-order valence-corrected chi connectivity index (χ1v) is 5.66. The number of benzene rings is 2. The van der Waals surface area contributed by atoms with Gasteiger partial charge in [0.05, 0.1) is 21.9 Å². The average molecular weight is 266 g/mol. The lowest BCUT2D eigenvalue weighted by molar-refractivity contribution is -0.385. The van der Waals surface area contributed by atoms with Crippen molar-refractivity contribution in [2.75, 3.05) is 0 Å². The Morgan fingerprint density at radius 3 is 2.44 bits per heavy atom. The van der Waals surface area contributed by atoms with Gasteiger partial charge in [0.2, 0.25) is 0 Å². The average Bonchev–Trinajstić information content (AvgIpc) is 2.39. The molecular weight excluding hydrogens is 257 g/mol. The molecule has 0 aliphatic rings. The van der Waals surface area contributed by atoms with E-state index in [1.807, 2.05) is 6.07 Å². The van der Waals surface area contributed by atoms with Gasteiger partial charge in [-0.1, -0.05) is 30.3 Å². The molecule has 0 bridgehead atoms. The van der Waals surface area contributed by atoms with Crippen LogP contribution in [0.4, 0.5) is 10.1 Å². The summed E-state index contributed by atoms with van der Waals surface area (Å²) >= 11 is 6.21. The first-order chi connectivity index (χ1) is 8.59. The van der Waals surface area contributed by atoms with E-state index >= 15 is 0 Å². The fourth-order valence-electron chi connectivity index (χ4n) is 1.69. The lowest BCUT2D eigenvalue weighted by Gasteiger charge is -2.10. The van der Waals surface area contributed by atoms with Crippen molar-refractivity contribution < 1.29 is 9.31 Å². The standard InChI is InChI=1S/C13H9ClFNO2/c14-13(9-4-2-1-3-5-9)11-7-6-10(15)8-12(11)16(17)18/h1-8,13H. The fourth-order valence-corrected chi connectivity index (χ4v) is 2.02. The molecule has 0 N–H and O–H groups in total. The molecule has 0 spiro atoms. The summed E-state index contributed by atoms with van der Waals surface area (Å²) in [6.45, 7) is 0. The summed E-state index contributed by atoms with van der Waals surface area (Å²) in [5.41, 5.74) is 0.710. The molecule has 0 radical (unpaired) electrons. The molecular formula is C13H9ClFNO2. The van der Waals surface area contributed by atoms with Crippen LogP contribution in [-0.4, -0.2) is 4.92 Å². The molecule has 5 heteroatoms. The van der Waals surface area contributed by atoms with Crippen molar-refractivity contribution in [3.63, 3.8) is 0 Å². The summed E-state index contributed by atoms with van der Waals surface area (Å²) in [6.07, 6.45) is 0. The Bertz CT molecular complexity index is 574. The van der Waals surface area contributed by atoms with E-state index in [9.17, 15) is 14.5 Å². The maximum absolute atomic E-state index is 13.0. The molecule has 0 aliphatic carbocycles. The third kappa shape index (κ3) is 2.49. The highest BCUT2D eigenvalue weighted by Crippen LogP contribution is 2.34. The Hall–Kier alpha value is -1.94. The number of rotatable bonds is 3. The Kier molecular flexibility index (Phi) is 3.58. The summed E-state index contributed by atoms with van der Waals surface area (Å²) < 4.78 is 13.0. The fraction of sp³-hybridized carbons (Fsp3) is 0.0769. The van der Waals surface area contributed by atoms with Crippen molar-refractivity contribution in [1.82, 2.24) is 0 Å². The van der Waals surface area contributed by atoms with Gasteiger partial charge in [0.25, 0.3) is 5.69 Å². The van der Waals surface area contributed by atoms with Crippen LogP contribution in [0.5, 0.6) is 0 Å². The van der Waals surface area contributed by atoms with Crippen LogP contribution in [-0.2, 0) is 0 Å². The van der Waals surface area contributed by atoms with Crippen LogP contribution in [0.3, 0.4) is 0 Å². The minimum atomic E-state index is -0.674. The third-order valence-corrected chi connectivity index (χ3v) is 3.04. The maximum Gasteiger partial charge on any atom is 0.277 e.